The number of ether oxygens (including phenoxy) is 2. The van der Waals surface area contributed by atoms with Gasteiger partial charge in [0.25, 0.3) is 5.90 Å². The van der Waals surface area contributed by atoms with Crippen LogP contribution in [-0.2, 0) is 9.47 Å². The first-order chi connectivity index (χ1) is 4.24. The van der Waals surface area contributed by atoms with Crippen molar-refractivity contribution in [1.82, 2.24) is 0 Å². The van der Waals surface area contributed by atoms with Gasteiger partial charge in [0.2, 0.25) is 0 Å². The molecule has 4 heteroatoms. The molecule has 2 unspecified atom stereocenters. The van der Waals surface area contributed by atoms with E-state index in [1.54, 1.807) is 13.8 Å². The fraction of sp³-hybridized carbons (Fsp3) is 0.800. The van der Waals surface area contributed by atoms with E-state index in [9.17, 15) is 0 Å². The Morgan fingerprint density at radius 2 is 2.22 bits per heavy atom. The molecule has 4 nitrogen and oxygen atoms in total. The maximum absolute atomic E-state index is 8.24. The van der Waals surface area contributed by atoms with Gasteiger partial charge in [0, 0.05) is 0 Å². The van der Waals surface area contributed by atoms with Crippen LogP contribution in [0, 0.1) is 0 Å². The second-order valence-corrected chi connectivity index (χ2v) is 1.90. The number of nitrogens with zero attached hydrogens (tertiary/aromatic N) is 1. The van der Waals surface area contributed by atoms with Crippen LogP contribution in [0.25, 0.3) is 0 Å². The molecule has 0 saturated carbocycles. The molecule has 1 rings (SSSR count). The van der Waals surface area contributed by atoms with Gasteiger partial charge in [-0.15, -0.1) is 0 Å². The summed E-state index contributed by atoms with van der Waals surface area (Å²) in [6.07, 6.45) is -0.504. The molecule has 2 atom stereocenters. The van der Waals surface area contributed by atoms with Crippen molar-refractivity contribution in [1.29, 1.82) is 0 Å². The average molecular weight is 131 g/mol. The first kappa shape index (κ1) is 6.35. The lowest BCUT2D eigenvalue weighted by Gasteiger charge is -1.97. The lowest BCUT2D eigenvalue weighted by Crippen LogP contribution is -2.10. The highest BCUT2D eigenvalue weighted by Crippen LogP contribution is 2.12. The topological polar surface area (TPSA) is 51.0 Å². The van der Waals surface area contributed by atoms with Crippen LogP contribution in [0.5, 0.6) is 0 Å². The van der Waals surface area contributed by atoms with Crippen LogP contribution in [0.15, 0.2) is 5.16 Å². The summed E-state index contributed by atoms with van der Waals surface area (Å²) in [5.41, 5.74) is 0. The van der Waals surface area contributed by atoms with Gasteiger partial charge in [-0.05, 0) is 13.8 Å². The molecule has 0 amide bonds. The molecule has 0 aromatic rings. The molecule has 0 radical (unpaired) electrons. The van der Waals surface area contributed by atoms with Gasteiger partial charge in [0.1, 0.15) is 6.10 Å². The predicted molar refractivity (Wildman–Crippen MR) is 30.3 cm³/mol. The molecule has 1 aliphatic rings. The molecule has 52 valence electrons. The fourth-order valence-corrected chi connectivity index (χ4v) is 0.744. The van der Waals surface area contributed by atoms with E-state index in [1.165, 1.54) is 0 Å². The summed E-state index contributed by atoms with van der Waals surface area (Å²) in [6, 6.07) is 0. The van der Waals surface area contributed by atoms with Gasteiger partial charge < -0.3 is 14.7 Å². The van der Waals surface area contributed by atoms with Crippen LogP contribution in [0.1, 0.15) is 13.8 Å². The Kier molecular flexibility index (Phi) is 1.57. The zero-order valence-corrected chi connectivity index (χ0v) is 5.37. The van der Waals surface area contributed by atoms with Gasteiger partial charge in [0.15, 0.2) is 6.29 Å². The first-order valence-corrected chi connectivity index (χ1v) is 2.78. The summed E-state index contributed by atoms with van der Waals surface area (Å²) < 4.78 is 9.95. The maximum Gasteiger partial charge on any atom is 0.257 e. The molecule has 1 aliphatic heterocycles. The largest absolute Gasteiger partial charge is 0.447 e. The van der Waals surface area contributed by atoms with E-state index in [0.717, 1.165) is 0 Å². The normalized spacial score (nSPS) is 39.1. The summed E-state index contributed by atoms with van der Waals surface area (Å²) in [7, 11) is 0. The quantitative estimate of drug-likeness (QED) is 0.386. The van der Waals surface area contributed by atoms with Gasteiger partial charge in [0.05, 0.1) is 0 Å². The van der Waals surface area contributed by atoms with Crippen LogP contribution >= 0.6 is 0 Å². The molecule has 1 N–H and O–H groups in total. The van der Waals surface area contributed by atoms with E-state index in [-0.39, 0.29) is 18.3 Å². The minimum atomic E-state index is -0.286. The van der Waals surface area contributed by atoms with Crippen molar-refractivity contribution in [2.24, 2.45) is 5.16 Å². The summed E-state index contributed by atoms with van der Waals surface area (Å²) in [6.45, 7) is 3.51. The minimum absolute atomic E-state index is 0.218. The van der Waals surface area contributed by atoms with E-state index in [1.807, 2.05) is 0 Å². The third-order valence-corrected chi connectivity index (χ3v) is 1.13. The van der Waals surface area contributed by atoms with Crippen molar-refractivity contribution in [2.75, 3.05) is 0 Å². The predicted octanol–water partition coefficient (Wildman–Crippen LogP) is 0.555. The molecule has 1 saturated heterocycles. The zero-order chi connectivity index (χ0) is 6.85. The van der Waals surface area contributed by atoms with Crippen molar-refractivity contribution in [2.45, 2.75) is 26.2 Å². The lowest BCUT2D eigenvalue weighted by atomic mass is 10.4. The Balaban J connectivity index is 2.58. The van der Waals surface area contributed by atoms with Crippen molar-refractivity contribution in [3.63, 3.8) is 0 Å². The third kappa shape index (κ3) is 1.13. The molecule has 0 bridgehead atoms. The monoisotopic (exact) mass is 131 g/mol. The standard InChI is InChI=1S/C5H9NO3/c1-3-5(6-7)9-4(2)8-3/h3-4,7H,1-2H3/b6-5-. The average Bonchev–Trinajstić information content (AvgIpc) is 2.10. The van der Waals surface area contributed by atoms with E-state index in [0.29, 0.717) is 0 Å². The Labute approximate surface area is 53.1 Å². The fourth-order valence-electron chi connectivity index (χ4n) is 0.744. The van der Waals surface area contributed by atoms with E-state index >= 15 is 0 Å². The molecular formula is C5H9NO3. The summed E-state index contributed by atoms with van der Waals surface area (Å²) in [5, 5.41) is 11.1. The Morgan fingerprint density at radius 3 is 2.44 bits per heavy atom. The van der Waals surface area contributed by atoms with Crippen LogP contribution in [-0.4, -0.2) is 23.5 Å². The molecule has 9 heavy (non-hydrogen) atoms. The maximum atomic E-state index is 8.24. The molecule has 1 fully saturated rings. The first-order valence-electron chi connectivity index (χ1n) is 2.78. The number of hydrogen-bond acceptors (Lipinski definition) is 4. The molecule has 0 aliphatic carbocycles. The SMILES string of the molecule is CC1O/C(=N\O)C(C)O1. The lowest BCUT2D eigenvalue weighted by molar-refractivity contribution is -0.0293. The smallest absolute Gasteiger partial charge is 0.257 e. The van der Waals surface area contributed by atoms with E-state index in [2.05, 4.69) is 5.16 Å². The molecule has 0 aromatic carbocycles. The van der Waals surface area contributed by atoms with Gasteiger partial charge in [-0.2, -0.15) is 0 Å². The second-order valence-electron chi connectivity index (χ2n) is 1.90. The van der Waals surface area contributed by atoms with Crippen LogP contribution in [0.4, 0.5) is 0 Å². The van der Waals surface area contributed by atoms with Crippen molar-refractivity contribution < 1.29 is 14.7 Å². The molecule has 0 spiro atoms. The van der Waals surface area contributed by atoms with Gasteiger partial charge in [-0.3, -0.25) is 0 Å². The Morgan fingerprint density at radius 1 is 1.56 bits per heavy atom. The van der Waals surface area contributed by atoms with E-state index < -0.39 is 0 Å². The second kappa shape index (κ2) is 2.23. The van der Waals surface area contributed by atoms with Crippen LogP contribution < -0.4 is 0 Å². The Hall–Kier alpha value is -0.770. The summed E-state index contributed by atoms with van der Waals surface area (Å²) in [5.74, 6) is 0.252. The van der Waals surface area contributed by atoms with Crippen molar-refractivity contribution >= 4 is 5.90 Å². The highest BCUT2D eigenvalue weighted by molar-refractivity contribution is 5.81. The summed E-state index contributed by atoms with van der Waals surface area (Å²) >= 11 is 0. The van der Waals surface area contributed by atoms with Crippen molar-refractivity contribution in [3.05, 3.63) is 0 Å². The van der Waals surface area contributed by atoms with Crippen LogP contribution in [0.2, 0.25) is 0 Å². The number of hydrogen-bond donors (Lipinski definition) is 1. The summed E-state index contributed by atoms with van der Waals surface area (Å²) in [4.78, 5) is 0. The van der Waals surface area contributed by atoms with Crippen LogP contribution in [0.3, 0.4) is 0 Å². The Bertz CT molecular complexity index is 134. The zero-order valence-electron chi connectivity index (χ0n) is 5.37. The van der Waals surface area contributed by atoms with Gasteiger partial charge in [-0.1, -0.05) is 5.16 Å². The molecular weight excluding hydrogens is 122 g/mol. The molecule has 0 aromatic heterocycles. The van der Waals surface area contributed by atoms with Crippen molar-refractivity contribution in [3.8, 4) is 0 Å². The number of rotatable bonds is 0. The molecule has 1 heterocycles. The van der Waals surface area contributed by atoms with E-state index in [4.69, 9.17) is 14.7 Å². The highest BCUT2D eigenvalue weighted by atomic mass is 16.7. The third-order valence-electron chi connectivity index (χ3n) is 1.13. The highest BCUT2D eigenvalue weighted by Gasteiger charge is 2.26. The van der Waals surface area contributed by atoms with Gasteiger partial charge >= 0.3 is 0 Å². The van der Waals surface area contributed by atoms with Gasteiger partial charge in [-0.25, -0.2) is 0 Å². The number of oxime groups is 1. The minimum Gasteiger partial charge on any atom is -0.447 e.